The molecule has 0 amide bonds. The molecule has 2 N–H and O–H groups in total. The second kappa shape index (κ2) is 8.69. The van der Waals surface area contributed by atoms with Crippen LogP contribution in [0, 0.1) is 13.8 Å². The molecular formula is C26H20O5S. The van der Waals surface area contributed by atoms with Crippen LogP contribution >= 0.6 is 11.3 Å². The van der Waals surface area contributed by atoms with Gasteiger partial charge in [0.15, 0.2) is 5.75 Å². The fraction of sp³-hybridized carbons (Fsp3) is 0.0769. The Hall–Kier alpha value is -3.90. The molecule has 5 nitrogen and oxygen atoms in total. The van der Waals surface area contributed by atoms with Crippen LogP contribution in [0.2, 0.25) is 0 Å². The molecule has 0 saturated heterocycles. The molecule has 0 bridgehead atoms. The number of carbonyl (C=O) groups is 2. The van der Waals surface area contributed by atoms with Gasteiger partial charge in [0, 0.05) is 21.7 Å². The minimum atomic E-state index is -1.02. The number of rotatable bonds is 6. The van der Waals surface area contributed by atoms with E-state index in [4.69, 9.17) is 9.84 Å². The highest BCUT2D eigenvalue weighted by Crippen LogP contribution is 2.43. The number of phenols is 1. The van der Waals surface area contributed by atoms with Gasteiger partial charge in [-0.15, -0.1) is 11.3 Å². The fourth-order valence-corrected chi connectivity index (χ4v) is 4.64. The van der Waals surface area contributed by atoms with E-state index in [1.165, 1.54) is 17.4 Å². The van der Waals surface area contributed by atoms with Crippen molar-refractivity contribution in [2.24, 2.45) is 0 Å². The summed E-state index contributed by atoms with van der Waals surface area (Å²) in [4.78, 5) is 24.7. The zero-order valence-electron chi connectivity index (χ0n) is 17.5. The molecule has 0 aliphatic carbocycles. The van der Waals surface area contributed by atoms with Crippen LogP contribution in [0.25, 0.3) is 16.2 Å². The monoisotopic (exact) mass is 444 g/mol. The molecule has 0 aliphatic heterocycles. The number of aromatic hydroxyl groups is 1. The molecule has 160 valence electrons. The number of carbonyl (C=O) groups excluding carboxylic acids is 1. The molecule has 1 aromatic heterocycles. The van der Waals surface area contributed by atoms with E-state index in [-0.39, 0.29) is 11.5 Å². The molecular weight excluding hydrogens is 424 g/mol. The lowest BCUT2D eigenvalue weighted by atomic mass is 9.98. The summed E-state index contributed by atoms with van der Waals surface area (Å²) in [6.07, 6.45) is 2.56. The van der Waals surface area contributed by atoms with Gasteiger partial charge >= 0.3 is 5.97 Å². The van der Waals surface area contributed by atoms with E-state index < -0.39 is 5.97 Å². The Bertz CT molecular complexity index is 1340. The molecule has 3 aromatic carbocycles. The Morgan fingerprint density at radius 3 is 2.31 bits per heavy atom. The van der Waals surface area contributed by atoms with Crippen molar-refractivity contribution in [3.05, 3.63) is 93.9 Å². The van der Waals surface area contributed by atoms with Crippen LogP contribution in [0.1, 0.15) is 31.9 Å². The van der Waals surface area contributed by atoms with Gasteiger partial charge in [0.05, 0.1) is 0 Å². The van der Waals surface area contributed by atoms with Gasteiger partial charge in [-0.25, -0.2) is 4.79 Å². The SMILES string of the molecule is Cc1cccc(C)c1C(=O)c1sc2cc(O)ccc2c1Oc1ccc(C=CC(=O)O)cc1. The highest BCUT2D eigenvalue weighted by Gasteiger charge is 2.24. The van der Waals surface area contributed by atoms with Crippen LogP contribution < -0.4 is 4.74 Å². The second-order valence-electron chi connectivity index (χ2n) is 7.38. The first-order chi connectivity index (χ1) is 15.3. The van der Waals surface area contributed by atoms with Gasteiger partial charge in [-0.1, -0.05) is 30.3 Å². The van der Waals surface area contributed by atoms with Gasteiger partial charge in [0.1, 0.15) is 16.4 Å². The summed E-state index contributed by atoms with van der Waals surface area (Å²) < 4.78 is 6.92. The van der Waals surface area contributed by atoms with Gasteiger partial charge in [0.25, 0.3) is 0 Å². The van der Waals surface area contributed by atoms with Crippen molar-refractivity contribution in [1.82, 2.24) is 0 Å². The number of aliphatic carboxylic acids is 1. The Labute approximate surface area is 188 Å². The summed E-state index contributed by atoms with van der Waals surface area (Å²) in [7, 11) is 0. The van der Waals surface area contributed by atoms with E-state index in [2.05, 4.69) is 0 Å². The summed E-state index contributed by atoms with van der Waals surface area (Å²) in [6, 6.07) is 17.6. The molecule has 4 rings (SSSR count). The van der Waals surface area contributed by atoms with Gasteiger partial charge in [0.2, 0.25) is 5.78 Å². The molecule has 32 heavy (non-hydrogen) atoms. The maximum Gasteiger partial charge on any atom is 0.328 e. The molecule has 6 heteroatoms. The Morgan fingerprint density at radius 2 is 1.66 bits per heavy atom. The van der Waals surface area contributed by atoms with Gasteiger partial charge < -0.3 is 14.9 Å². The summed E-state index contributed by atoms with van der Waals surface area (Å²) >= 11 is 1.28. The van der Waals surface area contributed by atoms with Gasteiger partial charge in [-0.3, -0.25) is 4.79 Å². The van der Waals surface area contributed by atoms with E-state index in [9.17, 15) is 14.7 Å². The van der Waals surface area contributed by atoms with Crippen LogP contribution in [-0.2, 0) is 4.79 Å². The van der Waals surface area contributed by atoms with Crippen molar-refractivity contribution >= 4 is 39.3 Å². The molecule has 0 spiro atoms. The maximum atomic E-state index is 13.6. The van der Waals surface area contributed by atoms with Gasteiger partial charge in [-0.05, 0) is 66.9 Å². The number of fused-ring (bicyclic) bond motifs is 1. The van der Waals surface area contributed by atoms with Crippen molar-refractivity contribution in [1.29, 1.82) is 0 Å². The molecule has 1 heterocycles. The lowest BCUT2D eigenvalue weighted by Crippen LogP contribution is -2.05. The van der Waals surface area contributed by atoms with Crippen LogP contribution in [0.5, 0.6) is 17.2 Å². The third-order valence-corrected chi connectivity index (χ3v) is 6.19. The zero-order chi connectivity index (χ0) is 22.8. The number of carboxylic acids is 1. The molecule has 0 atom stereocenters. The standard InChI is InChI=1S/C26H20O5S/c1-15-4-3-5-16(2)23(15)24(30)26-25(20-12-9-18(27)14-21(20)32-26)31-19-10-6-17(7-11-19)8-13-22(28)29/h3-14,27H,1-2H3,(H,28,29). The lowest BCUT2D eigenvalue weighted by Gasteiger charge is -2.11. The average Bonchev–Trinajstić information content (AvgIpc) is 3.10. The predicted molar refractivity (Wildman–Crippen MR) is 126 cm³/mol. The summed E-state index contributed by atoms with van der Waals surface area (Å²) in [6.45, 7) is 3.81. The number of hydrogen-bond acceptors (Lipinski definition) is 5. The molecule has 4 aromatic rings. The molecule has 0 unspecified atom stereocenters. The van der Waals surface area contributed by atoms with E-state index in [1.807, 2.05) is 32.0 Å². The van der Waals surface area contributed by atoms with E-state index in [1.54, 1.807) is 42.5 Å². The first-order valence-electron chi connectivity index (χ1n) is 9.89. The van der Waals surface area contributed by atoms with E-state index in [0.717, 1.165) is 27.3 Å². The van der Waals surface area contributed by atoms with Crippen LogP contribution in [0.3, 0.4) is 0 Å². The normalized spacial score (nSPS) is 11.2. The van der Waals surface area contributed by atoms with Crippen molar-refractivity contribution in [3.63, 3.8) is 0 Å². The summed E-state index contributed by atoms with van der Waals surface area (Å²) in [5, 5.41) is 19.4. The minimum Gasteiger partial charge on any atom is -0.508 e. The number of hydrogen-bond donors (Lipinski definition) is 2. The molecule has 0 fully saturated rings. The highest BCUT2D eigenvalue weighted by atomic mass is 32.1. The first-order valence-corrected chi connectivity index (χ1v) is 10.7. The summed E-state index contributed by atoms with van der Waals surface area (Å²) in [5.41, 5.74) is 3.13. The number of carboxylic acid groups (broad SMARTS) is 1. The Balaban J connectivity index is 1.78. The Kier molecular flexibility index (Phi) is 5.79. The van der Waals surface area contributed by atoms with Crippen molar-refractivity contribution in [3.8, 4) is 17.2 Å². The van der Waals surface area contributed by atoms with Crippen molar-refractivity contribution in [2.45, 2.75) is 13.8 Å². The molecule has 0 radical (unpaired) electrons. The van der Waals surface area contributed by atoms with E-state index in [0.29, 0.717) is 27.5 Å². The minimum absolute atomic E-state index is 0.117. The number of ketones is 1. The predicted octanol–water partition coefficient (Wildman–Crippen LogP) is 6.34. The topological polar surface area (TPSA) is 83.8 Å². The fourth-order valence-electron chi connectivity index (χ4n) is 3.53. The number of phenolic OH excluding ortho intramolecular Hbond substituents is 1. The lowest BCUT2D eigenvalue weighted by molar-refractivity contribution is -0.131. The third-order valence-electron chi connectivity index (χ3n) is 5.06. The second-order valence-corrected chi connectivity index (χ2v) is 8.43. The highest BCUT2D eigenvalue weighted by molar-refractivity contribution is 7.21. The first kappa shape index (κ1) is 21.3. The number of aryl methyl sites for hydroxylation is 2. The number of benzene rings is 3. The van der Waals surface area contributed by atoms with Crippen LogP contribution in [-0.4, -0.2) is 22.0 Å². The zero-order valence-corrected chi connectivity index (χ0v) is 18.3. The van der Waals surface area contributed by atoms with E-state index >= 15 is 0 Å². The quantitative estimate of drug-likeness (QED) is 0.268. The van der Waals surface area contributed by atoms with Crippen molar-refractivity contribution < 1.29 is 24.5 Å². The average molecular weight is 445 g/mol. The summed E-state index contributed by atoms with van der Waals surface area (Å²) in [5.74, 6) is -0.0801. The van der Waals surface area contributed by atoms with Crippen LogP contribution in [0.15, 0.2) is 66.7 Å². The Morgan fingerprint density at radius 1 is 0.969 bits per heavy atom. The number of thiophene rings is 1. The smallest absolute Gasteiger partial charge is 0.328 e. The van der Waals surface area contributed by atoms with Crippen molar-refractivity contribution in [2.75, 3.05) is 0 Å². The third kappa shape index (κ3) is 4.26. The van der Waals surface area contributed by atoms with Gasteiger partial charge in [-0.2, -0.15) is 0 Å². The molecule has 0 saturated carbocycles. The number of ether oxygens (including phenoxy) is 1. The van der Waals surface area contributed by atoms with Crippen LogP contribution in [0.4, 0.5) is 0 Å². The molecule has 0 aliphatic rings. The largest absolute Gasteiger partial charge is 0.508 e. The maximum absolute atomic E-state index is 13.6.